The minimum Gasteiger partial charge on any atom is -0.346 e. The summed E-state index contributed by atoms with van der Waals surface area (Å²) in [5.41, 5.74) is 5.68. The number of nitrogens with two attached hydrogens (primary N) is 1. The summed E-state index contributed by atoms with van der Waals surface area (Å²) < 4.78 is 0. The minimum atomic E-state index is -0.552. The molecule has 5 nitrogen and oxygen atoms in total. The third-order valence-electron chi connectivity index (χ3n) is 2.66. The van der Waals surface area contributed by atoms with Gasteiger partial charge in [0.25, 0.3) is 0 Å². The number of amides is 2. The number of carbonyl (C=O) groups excluding carboxylic acids is 2. The fraction of sp³-hybridized carbons (Fsp3) is 0.833. The lowest BCUT2D eigenvalue weighted by Crippen LogP contribution is -2.48. The summed E-state index contributed by atoms with van der Waals surface area (Å²) >= 11 is 0. The van der Waals surface area contributed by atoms with Crippen LogP contribution >= 0.6 is 0 Å². The van der Waals surface area contributed by atoms with E-state index < -0.39 is 6.04 Å². The molecule has 0 bridgehead atoms. The molecule has 0 fully saturated rings. The van der Waals surface area contributed by atoms with E-state index in [1.54, 1.807) is 4.90 Å². The van der Waals surface area contributed by atoms with Crippen LogP contribution in [0, 0.1) is 5.92 Å². The van der Waals surface area contributed by atoms with Crippen molar-refractivity contribution in [1.82, 2.24) is 10.2 Å². The fourth-order valence-electron chi connectivity index (χ4n) is 1.42. The highest BCUT2D eigenvalue weighted by molar-refractivity contribution is 5.87. The molecule has 0 aromatic rings. The lowest BCUT2D eigenvalue weighted by molar-refractivity contribution is -0.133. The van der Waals surface area contributed by atoms with Gasteiger partial charge in [0.1, 0.15) is 0 Å². The molecule has 100 valence electrons. The van der Waals surface area contributed by atoms with E-state index in [1.807, 2.05) is 27.7 Å². The van der Waals surface area contributed by atoms with Gasteiger partial charge in [0, 0.05) is 13.1 Å². The third kappa shape index (κ3) is 5.68. The summed E-state index contributed by atoms with van der Waals surface area (Å²) in [5, 5.41) is 2.58. The summed E-state index contributed by atoms with van der Waals surface area (Å²) in [6, 6.07) is -0.552. The SMILES string of the molecule is CCCN(CC)C(=O)CNC(=O)[C@@H](N)C(C)C. The molecule has 0 aromatic carbocycles. The second kappa shape index (κ2) is 8.06. The zero-order chi connectivity index (χ0) is 13.4. The van der Waals surface area contributed by atoms with E-state index in [0.717, 1.165) is 13.0 Å². The lowest BCUT2D eigenvalue weighted by Gasteiger charge is -2.21. The van der Waals surface area contributed by atoms with E-state index in [0.29, 0.717) is 6.54 Å². The standard InChI is InChI=1S/C12H25N3O2/c1-5-7-15(6-2)10(16)8-14-12(17)11(13)9(3)4/h9,11H,5-8,13H2,1-4H3,(H,14,17)/t11-/m0/s1. The van der Waals surface area contributed by atoms with Crippen molar-refractivity contribution >= 4 is 11.8 Å². The number of carbonyl (C=O) groups is 2. The van der Waals surface area contributed by atoms with Gasteiger partial charge < -0.3 is 16.0 Å². The first-order valence-corrected chi connectivity index (χ1v) is 6.25. The number of likely N-dealkylation sites (N-methyl/N-ethyl adjacent to an activating group) is 1. The molecular weight excluding hydrogens is 218 g/mol. The van der Waals surface area contributed by atoms with Crippen molar-refractivity contribution in [3.05, 3.63) is 0 Å². The minimum absolute atomic E-state index is 0.0348. The first kappa shape index (κ1) is 15.9. The van der Waals surface area contributed by atoms with Gasteiger partial charge in [0.15, 0.2) is 0 Å². The highest BCUT2D eigenvalue weighted by Crippen LogP contribution is 1.98. The molecular formula is C12H25N3O2. The molecule has 0 aliphatic carbocycles. The van der Waals surface area contributed by atoms with E-state index in [1.165, 1.54) is 0 Å². The Kier molecular flexibility index (Phi) is 7.54. The first-order chi connectivity index (χ1) is 7.93. The smallest absolute Gasteiger partial charge is 0.241 e. The van der Waals surface area contributed by atoms with Gasteiger partial charge in [-0.1, -0.05) is 20.8 Å². The summed E-state index contributed by atoms with van der Waals surface area (Å²) in [5.74, 6) is -0.248. The van der Waals surface area contributed by atoms with Crippen LogP contribution in [0.3, 0.4) is 0 Å². The first-order valence-electron chi connectivity index (χ1n) is 6.25. The van der Waals surface area contributed by atoms with Crippen LogP contribution < -0.4 is 11.1 Å². The van der Waals surface area contributed by atoms with Crippen LogP contribution in [-0.2, 0) is 9.59 Å². The predicted octanol–water partition coefficient (Wildman–Crippen LogP) is 0.344. The van der Waals surface area contributed by atoms with Gasteiger partial charge in [-0.3, -0.25) is 9.59 Å². The summed E-state index contributed by atoms with van der Waals surface area (Å²) in [6.45, 7) is 9.12. The molecule has 5 heteroatoms. The van der Waals surface area contributed by atoms with Gasteiger partial charge in [0.2, 0.25) is 11.8 Å². The molecule has 0 saturated carbocycles. The zero-order valence-electron chi connectivity index (χ0n) is 11.3. The van der Waals surface area contributed by atoms with Crippen LogP contribution in [-0.4, -0.2) is 42.4 Å². The van der Waals surface area contributed by atoms with Crippen molar-refractivity contribution in [3.63, 3.8) is 0 Å². The largest absolute Gasteiger partial charge is 0.346 e. The predicted molar refractivity (Wildman–Crippen MR) is 68.4 cm³/mol. The molecule has 0 aliphatic heterocycles. The lowest BCUT2D eigenvalue weighted by atomic mass is 10.1. The molecule has 17 heavy (non-hydrogen) atoms. The Balaban J connectivity index is 4.10. The Morgan fingerprint density at radius 3 is 2.29 bits per heavy atom. The van der Waals surface area contributed by atoms with E-state index in [-0.39, 0.29) is 24.3 Å². The number of hydrogen-bond donors (Lipinski definition) is 2. The molecule has 2 amide bonds. The van der Waals surface area contributed by atoms with E-state index in [4.69, 9.17) is 5.73 Å². The van der Waals surface area contributed by atoms with Gasteiger partial charge in [-0.05, 0) is 19.3 Å². The second-order valence-corrected chi connectivity index (χ2v) is 4.46. The third-order valence-corrected chi connectivity index (χ3v) is 2.66. The Bertz CT molecular complexity index is 254. The van der Waals surface area contributed by atoms with Gasteiger partial charge >= 0.3 is 0 Å². The van der Waals surface area contributed by atoms with E-state index in [2.05, 4.69) is 5.32 Å². The Morgan fingerprint density at radius 2 is 1.88 bits per heavy atom. The van der Waals surface area contributed by atoms with Crippen LogP contribution in [0.1, 0.15) is 34.1 Å². The molecule has 0 unspecified atom stereocenters. The van der Waals surface area contributed by atoms with Crippen LogP contribution in [0.15, 0.2) is 0 Å². The zero-order valence-corrected chi connectivity index (χ0v) is 11.3. The van der Waals surface area contributed by atoms with Crippen LogP contribution in [0.4, 0.5) is 0 Å². The Hall–Kier alpha value is -1.10. The van der Waals surface area contributed by atoms with Crippen molar-refractivity contribution in [1.29, 1.82) is 0 Å². The highest BCUT2D eigenvalue weighted by Gasteiger charge is 2.18. The van der Waals surface area contributed by atoms with Crippen LogP contribution in [0.2, 0.25) is 0 Å². The van der Waals surface area contributed by atoms with Crippen LogP contribution in [0.5, 0.6) is 0 Å². The van der Waals surface area contributed by atoms with E-state index in [9.17, 15) is 9.59 Å². The van der Waals surface area contributed by atoms with Gasteiger partial charge in [-0.15, -0.1) is 0 Å². The van der Waals surface area contributed by atoms with Gasteiger partial charge in [-0.2, -0.15) is 0 Å². The topological polar surface area (TPSA) is 75.4 Å². The fourth-order valence-corrected chi connectivity index (χ4v) is 1.42. The average Bonchev–Trinajstić information content (AvgIpc) is 2.31. The maximum atomic E-state index is 11.7. The molecule has 0 radical (unpaired) electrons. The Morgan fingerprint density at radius 1 is 1.29 bits per heavy atom. The van der Waals surface area contributed by atoms with Crippen LogP contribution in [0.25, 0.3) is 0 Å². The van der Waals surface area contributed by atoms with Gasteiger partial charge in [0.05, 0.1) is 12.6 Å². The number of nitrogens with one attached hydrogen (secondary N) is 1. The van der Waals surface area contributed by atoms with Gasteiger partial charge in [-0.25, -0.2) is 0 Å². The normalized spacial score (nSPS) is 12.4. The average molecular weight is 243 g/mol. The number of nitrogens with zero attached hydrogens (tertiary/aromatic N) is 1. The molecule has 0 rings (SSSR count). The molecule has 3 N–H and O–H groups in total. The van der Waals surface area contributed by atoms with Crippen molar-refractivity contribution in [3.8, 4) is 0 Å². The summed E-state index contributed by atoms with van der Waals surface area (Å²) in [6.07, 6.45) is 0.916. The van der Waals surface area contributed by atoms with E-state index >= 15 is 0 Å². The number of hydrogen-bond acceptors (Lipinski definition) is 3. The monoisotopic (exact) mass is 243 g/mol. The quantitative estimate of drug-likeness (QED) is 0.677. The van der Waals surface area contributed by atoms with Crippen molar-refractivity contribution in [2.24, 2.45) is 11.7 Å². The van der Waals surface area contributed by atoms with Crippen molar-refractivity contribution in [2.75, 3.05) is 19.6 Å². The molecule has 0 aliphatic rings. The Labute approximate surface area is 104 Å². The molecule has 0 aromatic heterocycles. The maximum absolute atomic E-state index is 11.7. The van der Waals surface area contributed by atoms with Crippen molar-refractivity contribution < 1.29 is 9.59 Å². The maximum Gasteiger partial charge on any atom is 0.241 e. The molecule has 0 spiro atoms. The molecule has 0 heterocycles. The van der Waals surface area contributed by atoms with Crippen molar-refractivity contribution in [2.45, 2.75) is 40.2 Å². The summed E-state index contributed by atoms with van der Waals surface area (Å²) in [7, 11) is 0. The number of rotatable bonds is 7. The highest BCUT2D eigenvalue weighted by atomic mass is 16.2. The second-order valence-electron chi connectivity index (χ2n) is 4.46. The molecule has 0 saturated heterocycles. The molecule has 1 atom stereocenters. The summed E-state index contributed by atoms with van der Waals surface area (Å²) in [4.78, 5) is 25.0.